The van der Waals surface area contributed by atoms with Gasteiger partial charge in [0, 0.05) is 11.1 Å². The van der Waals surface area contributed by atoms with Crippen molar-refractivity contribution in [2.24, 2.45) is 0 Å². The summed E-state index contributed by atoms with van der Waals surface area (Å²) in [6, 6.07) is 11.2. The van der Waals surface area contributed by atoms with Crippen LogP contribution in [0.3, 0.4) is 0 Å². The number of hydrogen-bond donors (Lipinski definition) is 2. The van der Waals surface area contributed by atoms with Gasteiger partial charge in [0.2, 0.25) is 0 Å². The molecule has 0 amide bonds. The van der Waals surface area contributed by atoms with Crippen molar-refractivity contribution >= 4 is 22.3 Å². The van der Waals surface area contributed by atoms with Crippen LogP contribution in [-0.4, -0.2) is 27.5 Å². The number of hydrazine groups is 1. The zero-order valence-electron chi connectivity index (χ0n) is 20.1. The molecular formula is C26H32FN5O. The van der Waals surface area contributed by atoms with Gasteiger partial charge >= 0.3 is 0 Å². The van der Waals surface area contributed by atoms with Crippen LogP contribution in [-0.2, 0) is 0 Å². The summed E-state index contributed by atoms with van der Waals surface area (Å²) in [5.41, 5.74) is 7.74. The summed E-state index contributed by atoms with van der Waals surface area (Å²) < 4.78 is 14.7. The maximum absolute atomic E-state index is 12.7. The van der Waals surface area contributed by atoms with Gasteiger partial charge in [-0.1, -0.05) is 38.1 Å². The van der Waals surface area contributed by atoms with Crippen LogP contribution >= 0.6 is 0 Å². The standard InChI is InChI=1S/C24H26FN5O.C2H6/c1-5-6-7-18(4)29-23-12-16(2)8-10-20(23)21(14-26)24(29)22-11-9-19(15-27-22)30(31)28-17(3)13-25;1-2/h5-12,15,17,28,31H,13H2,1-4H3;1-2H3/b6-5-,18-7+;. The fraction of sp³-hybridized carbons (Fsp3) is 0.308. The summed E-state index contributed by atoms with van der Waals surface area (Å²) in [5, 5.41) is 21.7. The third-order valence-corrected chi connectivity index (χ3v) is 4.93. The van der Waals surface area contributed by atoms with E-state index in [-0.39, 0.29) is 0 Å². The molecule has 0 spiro atoms. The second-order valence-electron chi connectivity index (χ2n) is 7.42. The van der Waals surface area contributed by atoms with E-state index in [4.69, 9.17) is 0 Å². The van der Waals surface area contributed by atoms with Gasteiger partial charge in [0.05, 0.1) is 34.7 Å². The third kappa shape index (κ3) is 5.67. The molecule has 2 N–H and O–H groups in total. The Labute approximate surface area is 195 Å². The van der Waals surface area contributed by atoms with Gasteiger partial charge in [0.25, 0.3) is 0 Å². The lowest BCUT2D eigenvalue weighted by Crippen LogP contribution is -2.42. The zero-order chi connectivity index (χ0) is 24.5. The van der Waals surface area contributed by atoms with Crippen LogP contribution in [0.5, 0.6) is 0 Å². The number of rotatable bonds is 7. The van der Waals surface area contributed by atoms with Crippen molar-refractivity contribution in [1.29, 1.82) is 5.26 Å². The molecule has 7 heteroatoms. The van der Waals surface area contributed by atoms with Crippen molar-refractivity contribution in [1.82, 2.24) is 15.0 Å². The van der Waals surface area contributed by atoms with Crippen molar-refractivity contribution < 1.29 is 9.60 Å². The average molecular weight is 450 g/mol. The number of pyridine rings is 1. The normalized spacial score (nSPS) is 12.4. The highest BCUT2D eigenvalue weighted by Gasteiger charge is 2.21. The number of halogens is 1. The van der Waals surface area contributed by atoms with Gasteiger partial charge in [0.1, 0.15) is 18.4 Å². The van der Waals surface area contributed by atoms with Gasteiger partial charge in [-0.05, 0) is 57.5 Å². The molecule has 0 saturated heterocycles. The molecule has 1 aromatic carbocycles. The van der Waals surface area contributed by atoms with Crippen LogP contribution in [0.2, 0.25) is 0 Å². The van der Waals surface area contributed by atoms with Crippen molar-refractivity contribution in [2.45, 2.75) is 47.6 Å². The summed E-state index contributed by atoms with van der Waals surface area (Å²) in [4.78, 5) is 4.50. The molecule has 1 unspecified atom stereocenters. The fourth-order valence-electron chi connectivity index (χ4n) is 3.40. The first-order valence-corrected chi connectivity index (χ1v) is 11.0. The average Bonchev–Trinajstić information content (AvgIpc) is 3.17. The van der Waals surface area contributed by atoms with Gasteiger partial charge in [-0.2, -0.15) is 10.4 Å². The second kappa shape index (κ2) is 12.0. The molecule has 6 nitrogen and oxygen atoms in total. The lowest BCUT2D eigenvalue weighted by molar-refractivity contribution is 0.186. The number of aromatic nitrogens is 2. The number of alkyl halides is 1. The topological polar surface area (TPSA) is 77.1 Å². The summed E-state index contributed by atoms with van der Waals surface area (Å²) in [7, 11) is 0. The Kier molecular flexibility index (Phi) is 9.34. The molecule has 174 valence electrons. The van der Waals surface area contributed by atoms with Crippen molar-refractivity contribution in [3.63, 3.8) is 0 Å². The first kappa shape index (κ1) is 25.8. The lowest BCUT2D eigenvalue weighted by atomic mass is 10.1. The Bertz CT molecular complexity index is 1170. The molecule has 3 rings (SSSR count). The summed E-state index contributed by atoms with van der Waals surface area (Å²) in [5.74, 6) is 0. The largest absolute Gasteiger partial charge is 0.311 e. The highest BCUT2D eigenvalue weighted by atomic mass is 19.1. The molecular weight excluding hydrogens is 417 g/mol. The summed E-state index contributed by atoms with van der Waals surface area (Å²) >= 11 is 0. The fourth-order valence-corrected chi connectivity index (χ4v) is 3.40. The molecule has 0 aliphatic carbocycles. The number of anilines is 1. The maximum atomic E-state index is 12.7. The van der Waals surface area contributed by atoms with Gasteiger partial charge in [0.15, 0.2) is 0 Å². The van der Waals surface area contributed by atoms with E-state index in [2.05, 4.69) is 22.5 Å². The van der Waals surface area contributed by atoms with E-state index in [1.165, 1.54) is 6.20 Å². The Morgan fingerprint density at radius 2 is 2.06 bits per heavy atom. The molecule has 0 saturated carbocycles. The number of hydrogen-bond acceptors (Lipinski definition) is 5. The number of benzene rings is 1. The monoisotopic (exact) mass is 449 g/mol. The molecule has 3 aromatic rings. The number of allylic oxidation sites excluding steroid dienone is 4. The number of nitrogens with zero attached hydrogens (tertiary/aromatic N) is 4. The van der Waals surface area contributed by atoms with E-state index in [1.54, 1.807) is 19.1 Å². The van der Waals surface area contributed by atoms with E-state index < -0.39 is 12.7 Å². The first-order valence-electron chi connectivity index (χ1n) is 11.0. The van der Waals surface area contributed by atoms with Crippen LogP contribution in [0.25, 0.3) is 28.0 Å². The van der Waals surface area contributed by atoms with Crippen LogP contribution < -0.4 is 10.6 Å². The Hall–Kier alpha value is -3.47. The Morgan fingerprint density at radius 3 is 2.64 bits per heavy atom. The zero-order valence-corrected chi connectivity index (χ0v) is 20.1. The molecule has 2 heterocycles. The number of fused-ring (bicyclic) bond motifs is 1. The number of nitrogens with one attached hydrogen (secondary N) is 1. The van der Waals surface area contributed by atoms with E-state index in [0.717, 1.165) is 27.3 Å². The molecule has 0 aliphatic rings. The highest BCUT2D eigenvalue weighted by molar-refractivity contribution is 5.97. The summed E-state index contributed by atoms with van der Waals surface area (Å²) in [6.07, 6.45) is 7.36. The van der Waals surface area contributed by atoms with E-state index in [1.807, 2.05) is 69.5 Å². The van der Waals surface area contributed by atoms with Gasteiger partial charge in [-0.3, -0.25) is 10.2 Å². The smallest absolute Gasteiger partial charge is 0.106 e. The second-order valence-corrected chi connectivity index (χ2v) is 7.42. The molecule has 1 atom stereocenters. The minimum absolute atomic E-state index is 0.363. The van der Waals surface area contributed by atoms with E-state index in [0.29, 0.717) is 22.6 Å². The first-order chi connectivity index (χ1) is 15.9. The van der Waals surface area contributed by atoms with Gasteiger partial charge in [-0.15, -0.1) is 0 Å². The van der Waals surface area contributed by atoms with Crippen LogP contribution in [0.4, 0.5) is 10.1 Å². The molecule has 2 aromatic heterocycles. The third-order valence-electron chi connectivity index (χ3n) is 4.93. The van der Waals surface area contributed by atoms with Crippen molar-refractivity contribution in [3.8, 4) is 17.5 Å². The van der Waals surface area contributed by atoms with Crippen LogP contribution in [0, 0.1) is 18.3 Å². The quantitative estimate of drug-likeness (QED) is 0.322. The Balaban J connectivity index is 0.00000187. The van der Waals surface area contributed by atoms with E-state index in [9.17, 15) is 14.9 Å². The number of nitriles is 1. The lowest BCUT2D eigenvalue weighted by Gasteiger charge is -2.21. The summed E-state index contributed by atoms with van der Waals surface area (Å²) in [6.45, 7) is 10.9. The van der Waals surface area contributed by atoms with Gasteiger partial charge < -0.3 is 4.57 Å². The van der Waals surface area contributed by atoms with Crippen LogP contribution in [0.15, 0.2) is 54.8 Å². The minimum atomic E-state index is -0.620. The SMILES string of the molecule is C/C=C\C=C(/C)n1c(-c2ccc(N(O)NC(C)CF)cn2)c(C#N)c2ccc(C)cc21.CC. The Morgan fingerprint density at radius 1 is 1.33 bits per heavy atom. The molecule has 0 aliphatic heterocycles. The highest BCUT2D eigenvalue weighted by Crippen LogP contribution is 2.36. The predicted octanol–water partition coefficient (Wildman–Crippen LogP) is 6.40. The maximum Gasteiger partial charge on any atom is 0.106 e. The molecule has 0 fully saturated rings. The van der Waals surface area contributed by atoms with Gasteiger partial charge in [-0.25, -0.2) is 9.82 Å². The molecule has 33 heavy (non-hydrogen) atoms. The van der Waals surface area contributed by atoms with Crippen molar-refractivity contribution in [3.05, 3.63) is 65.9 Å². The molecule has 0 radical (unpaired) electrons. The predicted molar refractivity (Wildman–Crippen MR) is 134 cm³/mol. The number of aryl methyl sites for hydroxylation is 1. The minimum Gasteiger partial charge on any atom is -0.311 e. The van der Waals surface area contributed by atoms with Crippen LogP contribution in [0.1, 0.15) is 45.7 Å². The molecule has 0 bridgehead atoms. The van der Waals surface area contributed by atoms with Crippen molar-refractivity contribution in [2.75, 3.05) is 11.8 Å². The van der Waals surface area contributed by atoms with E-state index >= 15 is 0 Å².